The Bertz CT molecular complexity index is 200. The molecule has 1 atom stereocenters. The fourth-order valence-corrected chi connectivity index (χ4v) is 2.08. The van der Waals surface area contributed by atoms with Crippen molar-refractivity contribution in [1.29, 1.82) is 5.26 Å². The summed E-state index contributed by atoms with van der Waals surface area (Å²) >= 11 is 1.76. The van der Waals surface area contributed by atoms with Crippen molar-refractivity contribution in [2.75, 3.05) is 5.75 Å². The van der Waals surface area contributed by atoms with Crippen molar-refractivity contribution in [2.24, 2.45) is 0 Å². The number of rotatable bonds is 0. The highest BCUT2D eigenvalue weighted by Gasteiger charge is 2.15. The summed E-state index contributed by atoms with van der Waals surface area (Å²) < 4.78 is 0. The molecule has 0 bridgehead atoms. The minimum absolute atomic E-state index is 0.212. The molecule has 1 rings (SSSR count). The van der Waals surface area contributed by atoms with E-state index < -0.39 is 0 Å². The van der Waals surface area contributed by atoms with Crippen LogP contribution in [0.25, 0.3) is 0 Å². The average Bonchev–Trinajstić information content (AvgIpc) is 1.95. The predicted octanol–water partition coefficient (Wildman–Crippen LogP) is 2.35. The molecule has 0 aromatic carbocycles. The third-order valence-electron chi connectivity index (χ3n) is 1.87. The van der Waals surface area contributed by atoms with E-state index in [-0.39, 0.29) is 5.25 Å². The van der Waals surface area contributed by atoms with E-state index in [0.29, 0.717) is 0 Å². The fraction of sp³-hybridized carbons (Fsp3) is 0.625. The van der Waals surface area contributed by atoms with Crippen molar-refractivity contribution in [3.63, 3.8) is 0 Å². The standard InChI is InChI=1S/C8H11NS/c1-6-3-8(4-9)10-5-7(6)2/h8H,3,5H2,1-2H3. The average molecular weight is 153 g/mol. The summed E-state index contributed by atoms with van der Waals surface area (Å²) in [5, 5.41) is 8.81. The molecule has 1 aliphatic heterocycles. The molecule has 0 saturated heterocycles. The number of nitrogens with zero attached hydrogens (tertiary/aromatic N) is 1. The van der Waals surface area contributed by atoms with Crippen LogP contribution >= 0.6 is 11.8 Å². The predicted molar refractivity (Wildman–Crippen MR) is 44.9 cm³/mol. The van der Waals surface area contributed by atoms with Crippen molar-refractivity contribution in [3.8, 4) is 6.07 Å². The van der Waals surface area contributed by atoms with Crippen LogP contribution in [0.5, 0.6) is 0 Å². The number of thioether (sulfide) groups is 1. The van der Waals surface area contributed by atoms with Gasteiger partial charge in [-0.15, -0.1) is 11.8 Å². The lowest BCUT2D eigenvalue weighted by molar-refractivity contribution is 0.959. The van der Waals surface area contributed by atoms with E-state index in [0.717, 1.165) is 12.2 Å². The van der Waals surface area contributed by atoms with E-state index in [4.69, 9.17) is 5.26 Å². The molecule has 1 nitrogen and oxygen atoms in total. The SMILES string of the molecule is CC1=C(C)CC(C#N)SC1. The fourth-order valence-electron chi connectivity index (χ4n) is 0.943. The molecule has 0 spiro atoms. The van der Waals surface area contributed by atoms with Gasteiger partial charge in [-0.3, -0.25) is 0 Å². The summed E-state index contributed by atoms with van der Waals surface area (Å²) in [6.07, 6.45) is 0.965. The maximum absolute atomic E-state index is 8.60. The Balaban J connectivity index is 2.64. The van der Waals surface area contributed by atoms with Crippen LogP contribution in [0.15, 0.2) is 11.1 Å². The van der Waals surface area contributed by atoms with E-state index in [9.17, 15) is 0 Å². The van der Waals surface area contributed by atoms with Gasteiger partial charge in [0.25, 0.3) is 0 Å². The Hall–Kier alpha value is -0.420. The van der Waals surface area contributed by atoms with E-state index in [2.05, 4.69) is 19.9 Å². The van der Waals surface area contributed by atoms with Gasteiger partial charge in [0.15, 0.2) is 0 Å². The van der Waals surface area contributed by atoms with Crippen LogP contribution in [0.3, 0.4) is 0 Å². The molecule has 0 fully saturated rings. The molecule has 54 valence electrons. The van der Waals surface area contributed by atoms with Crippen molar-refractivity contribution in [2.45, 2.75) is 25.5 Å². The minimum Gasteiger partial charge on any atom is -0.197 e. The third-order valence-corrected chi connectivity index (χ3v) is 3.14. The van der Waals surface area contributed by atoms with Crippen molar-refractivity contribution < 1.29 is 0 Å². The molecule has 1 unspecified atom stereocenters. The molecular formula is C8H11NS. The van der Waals surface area contributed by atoms with E-state index >= 15 is 0 Å². The normalized spacial score (nSPS) is 26.3. The second-order valence-corrected chi connectivity index (χ2v) is 3.88. The van der Waals surface area contributed by atoms with E-state index in [1.165, 1.54) is 11.1 Å². The van der Waals surface area contributed by atoms with Gasteiger partial charge in [-0.25, -0.2) is 0 Å². The number of hydrogen-bond acceptors (Lipinski definition) is 2. The summed E-state index contributed by atoms with van der Waals surface area (Å²) in [5.74, 6) is 1.05. The number of hydrogen-bond donors (Lipinski definition) is 0. The second kappa shape index (κ2) is 3.12. The maximum Gasteiger partial charge on any atom is 0.0956 e. The van der Waals surface area contributed by atoms with Gasteiger partial charge in [0.2, 0.25) is 0 Å². The Morgan fingerprint density at radius 3 is 2.70 bits per heavy atom. The number of allylic oxidation sites excluding steroid dienone is 1. The zero-order chi connectivity index (χ0) is 7.56. The van der Waals surface area contributed by atoms with Gasteiger partial charge in [-0.1, -0.05) is 11.1 Å². The van der Waals surface area contributed by atoms with Crippen molar-refractivity contribution in [3.05, 3.63) is 11.1 Å². The van der Waals surface area contributed by atoms with Crippen LogP contribution in [0.1, 0.15) is 20.3 Å². The van der Waals surface area contributed by atoms with Crippen LogP contribution in [0, 0.1) is 11.3 Å². The second-order valence-electron chi connectivity index (χ2n) is 2.69. The molecule has 2 heteroatoms. The summed E-state index contributed by atoms with van der Waals surface area (Å²) in [4.78, 5) is 0. The molecule has 0 aromatic heterocycles. The van der Waals surface area contributed by atoms with Crippen LogP contribution < -0.4 is 0 Å². The summed E-state index contributed by atoms with van der Waals surface area (Å²) in [7, 11) is 0. The monoisotopic (exact) mass is 153 g/mol. The topological polar surface area (TPSA) is 23.8 Å². The Kier molecular flexibility index (Phi) is 2.39. The van der Waals surface area contributed by atoms with Crippen LogP contribution in [-0.4, -0.2) is 11.0 Å². The number of nitriles is 1. The molecule has 1 heterocycles. The van der Waals surface area contributed by atoms with Gasteiger partial charge >= 0.3 is 0 Å². The molecular weight excluding hydrogens is 142 g/mol. The lowest BCUT2D eigenvalue weighted by Gasteiger charge is -2.17. The summed E-state index contributed by atoms with van der Waals surface area (Å²) in [6, 6.07) is 2.28. The Labute approximate surface area is 66.1 Å². The quantitative estimate of drug-likeness (QED) is 0.499. The summed E-state index contributed by atoms with van der Waals surface area (Å²) in [6.45, 7) is 4.27. The molecule has 0 saturated carbocycles. The van der Waals surface area contributed by atoms with E-state index in [1.54, 1.807) is 11.8 Å². The van der Waals surface area contributed by atoms with Gasteiger partial charge in [0.05, 0.1) is 11.3 Å². The first-order valence-electron chi connectivity index (χ1n) is 3.40. The van der Waals surface area contributed by atoms with Gasteiger partial charge < -0.3 is 0 Å². The van der Waals surface area contributed by atoms with Gasteiger partial charge in [0.1, 0.15) is 0 Å². The highest BCUT2D eigenvalue weighted by atomic mass is 32.2. The highest BCUT2D eigenvalue weighted by Crippen LogP contribution is 2.28. The smallest absolute Gasteiger partial charge is 0.0956 e. The first-order valence-corrected chi connectivity index (χ1v) is 4.45. The first kappa shape index (κ1) is 7.68. The van der Waals surface area contributed by atoms with Gasteiger partial charge in [0, 0.05) is 5.75 Å². The molecule has 0 aromatic rings. The van der Waals surface area contributed by atoms with Crippen LogP contribution in [0.4, 0.5) is 0 Å². The highest BCUT2D eigenvalue weighted by molar-refractivity contribution is 8.00. The minimum atomic E-state index is 0.212. The third kappa shape index (κ3) is 1.54. The molecule has 10 heavy (non-hydrogen) atoms. The molecule has 0 radical (unpaired) electrons. The maximum atomic E-state index is 8.60. The summed E-state index contributed by atoms with van der Waals surface area (Å²) in [5.41, 5.74) is 2.86. The van der Waals surface area contributed by atoms with Gasteiger partial charge in [-0.05, 0) is 20.3 Å². The lowest BCUT2D eigenvalue weighted by atomic mass is 10.1. The molecule has 1 aliphatic rings. The van der Waals surface area contributed by atoms with Gasteiger partial charge in [-0.2, -0.15) is 5.26 Å². The zero-order valence-electron chi connectivity index (χ0n) is 6.35. The van der Waals surface area contributed by atoms with E-state index in [1.807, 2.05) is 0 Å². The van der Waals surface area contributed by atoms with Crippen LogP contribution in [0.2, 0.25) is 0 Å². The molecule has 0 amide bonds. The Morgan fingerprint density at radius 2 is 2.20 bits per heavy atom. The van der Waals surface area contributed by atoms with Crippen molar-refractivity contribution in [1.82, 2.24) is 0 Å². The molecule has 0 N–H and O–H groups in total. The first-order chi connectivity index (χ1) is 4.74. The Morgan fingerprint density at radius 1 is 1.50 bits per heavy atom. The largest absolute Gasteiger partial charge is 0.197 e. The molecule has 0 aliphatic carbocycles. The van der Waals surface area contributed by atoms with Crippen LogP contribution in [-0.2, 0) is 0 Å². The van der Waals surface area contributed by atoms with Crippen molar-refractivity contribution >= 4 is 11.8 Å². The zero-order valence-corrected chi connectivity index (χ0v) is 7.16. The lowest BCUT2D eigenvalue weighted by Crippen LogP contribution is -2.08.